The van der Waals surface area contributed by atoms with Gasteiger partial charge in [0, 0.05) is 24.2 Å². The SMILES string of the molecule is Cc1cnc(N2CCCC2)s1. The van der Waals surface area contributed by atoms with Gasteiger partial charge in [0.2, 0.25) is 0 Å². The highest BCUT2D eigenvalue weighted by molar-refractivity contribution is 7.15. The van der Waals surface area contributed by atoms with Crippen LogP contribution in [0.15, 0.2) is 6.20 Å². The van der Waals surface area contributed by atoms with Crippen molar-refractivity contribution in [2.75, 3.05) is 18.0 Å². The molecule has 0 amide bonds. The Balaban J connectivity index is 2.15. The zero-order chi connectivity index (χ0) is 7.68. The monoisotopic (exact) mass is 168 g/mol. The second-order valence-electron chi connectivity index (χ2n) is 2.95. The molecule has 0 spiro atoms. The minimum Gasteiger partial charge on any atom is -0.348 e. The summed E-state index contributed by atoms with van der Waals surface area (Å²) in [5.41, 5.74) is 0. The van der Waals surface area contributed by atoms with Gasteiger partial charge in [0.15, 0.2) is 5.13 Å². The molecule has 0 atom stereocenters. The van der Waals surface area contributed by atoms with E-state index >= 15 is 0 Å². The Morgan fingerprint density at radius 3 is 2.73 bits per heavy atom. The van der Waals surface area contributed by atoms with Crippen molar-refractivity contribution < 1.29 is 0 Å². The van der Waals surface area contributed by atoms with Gasteiger partial charge in [-0.3, -0.25) is 0 Å². The first-order valence-corrected chi connectivity index (χ1v) is 4.85. The number of nitrogens with zero attached hydrogens (tertiary/aromatic N) is 2. The van der Waals surface area contributed by atoms with Gasteiger partial charge in [-0.1, -0.05) is 0 Å². The maximum atomic E-state index is 4.34. The molecule has 0 aromatic carbocycles. The molecule has 2 heterocycles. The van der Waals surface area contributed by atoms with E-state index < -0.39 is 0 Å². The predicted molar refractivity (Wildman–Crippen MR) is 48.3 cm³/mol. The quantitative estimate of drug-likeness (QED) is 0.638. The lowest BCUT2D eigenvalue weighted by Crippen LogP contribution is -2.16. The topological polar surface area (TPSA) is 16.1 Å². The second-order valence-corrected chi connectivity index (χ2v) is 4.16. The van der Waals surface area contributed by atoms with Crippen molar-refractivity contribution >= 4 is 16.5 Å². The molecule has 1 saturated heterocycles. The fourth-order valence-electron chi connectivity index (χ4n) is 1.40. The van der Waals surface area contributed by atoms with Crippen LogP contribution < -0.4 is 4.90 Å². The molecule has 1 fully saturated rings. The molecule has 1 aliphatic heterocycles. The maximum absolute atomic E-state index is 4.34. The molecule has 0 radical (unpaired) electrons. The van der Waals surface area contributed by atoms with Gasteiger partial charge in [0.05, 0.1) is 0 Å². The Labute approximate surface area is 70.9 Å². The smallest absolute Gasteiger partial charge is 0.185 e. The summed E-state index contributed by atoms with van der Waals surface area (Å²) in [7, 11) is 0. The van der Waals surface area contributed by atoms with Crippen molar-refractivity contribution in [2.24, 2.45) is 0 Å². The zero-order valence-electron chi connectivity index (χ0n) is 6.71. The molecule has 0 saturated carbocycles. The number of anilines is 1. The van der Waals surface area contributed by atoms with E-state index in [1.54, 1.807) is 11.3 Å². The predicted octanol–water partition coefficient (Wildman–Crippen LogP) is 2.05. The van der Waals surface area contributed by atoms with Crippen LogP contribution in [0, 0.1) is 6.92 Å². The Morgan fingerprint density at radius 2 is 2.18 bits per heavy atom. The van der Waals surface area contributed by atoms with E-state index in [2.05, 4.69) is 16.8 Å². The molecule has 0 bridgehead atoms. The molecule has 1 aliphatic rings. The molecule has 1 aromatic heterocycles. The second kappa shape index (κ2) is 2.81. The van der Waals surface area contributed by atoms with Crippen LogP contribution in [0.5, 0.6) is 0 Å². The summed E-state index contributed by atoms with van der Waals surface area (Å²) in [6.07, 6.45) is 4.62. The van der Waals surface area contributed by atoms with Crippen LogP contribution in [0.3, 0.4) is 0 Å². The first kappa shape index (κ1) is 7.10. The third kappa shape index (κ3) is 1.38. The minimum atomic E-state index is 1.20. The highest BCUT2D eigenvalue weighted by Gasteiger charge is 2.14. The van der Waals surface area contributed by atoms with Crippen LogP contribution in [0.1, 0.15) is 17.7 Å². The van der Waals surface area contributed by atoms with Crippen LogP contribution in [0.4, 0.5) is 5.13 Å². The average molecular weight is 168 g/mol. The maximum Gasteiger partial charge on any atom is 0.185 e. The van der Waals surface area contributed by atoms with E-state index in [-0.39, 0.29) is 0 Å². The summed E-state index contributed by atoms with van der Waals surface area (Å²) in [4.78, 5) is 8.03. The van der Waals surface area contributed by atoms with Crippen molar-refractivity contribution in [3.8, 4) is 0 Å². The van der Waals surface area contributed by atoms with Gasteiger partial charge < -0.3 is 4.90 Å². The number of hydrogen-bond donors (Lipinski definition) is 0. The lowest BCUT2D eigenvalue weighted by Gasteiger charge is -2.11. The van der Waals surface area contributed by atoms with Crippen LogP contribution in [0.25, 0.3) is 0 Å². The standard InChI is InChI=1S/C8H12N2S/c1-7-6-9-8(11-7)10-4-2-3-5-10/h6H,2-5H2,1H3. The van der Waals surface area contributed by atoms with Crippen LogP contribution in [-0.4, -0.2) is 18.1 Å². The van der Waals surface area contributed by atoms with Gasteiger partial charge in [0.25, 0.3) is 0 Å². The van der Waals surface area contributed by atoms with Gasteiger partial charge >= 0.3 is 0 Å². The number of rotatable bonds is 1. The molecule has 11 heavy (non-hydrogen) atoms. The lowest BCUT2D eigenvalue weighted by atomic mass is 10.4. The van der Waals surface area contributed by atoms with Crippen molar-refractivity contribution in [3.05, 3.63) is 11.1 Å². The van der Waals surface area contributed by atoms with E-state index in [4.69, 9.17) is 0 Å². The van der Waals surface area contributed by atoms with Crippen molar-refractivity contribution in [2.45, 2.75) is 19.8 Å². The minimum absolute atomic E-state index is 1.20. The highest BCUT2D eigenvalue weighted by atomic mass is 32.1. The first-order chi connectivity index (χ1) is 5.36. The summed E-state index contributed by atoms with van der Waals surface area (Å²) >= 11 is 1.80. The van der Waals surface area contributed by atoms with Gasteiger partial charge in [-0.05, 0) is 19.8 Å². The van der Waals surface area contributed by atoms with Gasteiger partial charge in [-0.2, -0.15) is 0 Å². The van der Waals surface area contributed by atoms with Crippen molar-refractivity contribution in [1.29, 1.82) is 0 Å². The van der Waals surface area contributed by atoms with Crippen LogP contribution in [0.2, 0.25) is 0 Å². The van der Waals surface area contributed by atoms with Crippen molar-refractivity contribution in [1.82, 2.24) is 4.98 Å². The highest BCUT2D eigenvalue weighted by Crippen LogP contribution is 2.24. The van der Waals surface area contributed by atoms with Gasteiger partial charge in [-0.25, -0.2) is 4.98 Å². The molecule has 0 N–H and O–H groups in total. The molecule has 0 aliphatic carbocycles. The number of thiazole rings is 1. The summed E-state index contributed by atoms with van der Waals surface area (Å²) in [5, 5.41) is 1.21. The van der Waals surface area contributed by atoms with Crippen LogP contribution in [-0.2, 0) is 0 Å². The number of aryl methyl sites for hydroxylation is 1. The summed E-state index contributed by atoms with van der Waals surface area (Å²) in [6, 6.07) is 0. The number of hydrogen-bond acceptors (Lipinski definition) is 3. The Kier molecular flexibility index (Phi) is 1.82. The molecule has 3 heteroatoms. The van der Waals surface area contributed by atoms with E-state index in [0.29, 0.717) is 0 Å². The fourth-order valence-corrected chi connectivity index (χ4v) is 2.21. The lowest BCUT2D eigenvalue weighted by molar-refractivity contribution is 0.949. The Morgan fingerprint density at radius 1 is 1.45 bits per heavy atom. The van der Waals surface area contributed by atoms with Crippen molar-refractivity contribution in [3.63, 3.8) is 0 Å². The molecule has 0 unspecified atom stereocenters. The number of aromatic nitrogens is 1. The van der Waals surface area contributed by atoms with Gasteiger partial charge in [0.1, 0.15) is 0 Å². The van der Waals surface area contributed by atoms with Gasteiger partial charge in [-0.15, -0.1) is 11.3 Å². The largest absolute Gasteiger partial charge is 0.348 e. The summed E-state index contributed by atoms with van der Waals surface area (Å²) in [6.45, 7) is 4.51. The third-order valence-corrected chi connectivity index (χ3v) is 2.96. The molecule has 1 aromatic rings. The Bertz CT molecular complexity index is 238. The first-order valence-electron chi connectivity index (χ1n) is 4.03. The van der Waals surface area contributed by atoms with E-state index in [1.807, 2.05) is 6.20 Å². The zero-order valence-corrected chi connectivity index (χ0v) is 7.52. The average Bonchev–Trinajstić information content (AvgIpc) is 2.55. The van der Waals surface area contributed by atoms with E-state index in [1.165, 1.54) is 35.9 Å². The normalized spacial score (nSPS) is 17.7. The molecular weight excluding hydrogens is 156 g/mol. The fraction of sp³-hybridized carbons (Fsp3) is 0.625. The third-order valence-electron chi connectivity index (χ3n) is 1.99. The molecular formula is C8H12N2S. The molecule has 2 nitrogen and oxygen atoms in total. The van der Waals surface area contributed by atoms with E-state index in [0.717, 1.165) is 0 Å². The van der Waals surface area contributed by atoms with E-state index in [9.17, 15) is 0 Å². The van der Waals surface area contributed by atoms with Crippen LogP contribution >= 0.6 is 11.3 Å². The molecule has 60 valence electrons. The summed E-state index contributed by atoms with van der Waals surface area (Å²) < 4.78 is 0. The summed E-state index contributed by atoms with van der Waals surface area (Å²) in [5.74, 6) is 0. The molecule has 2 rings (SSSR count). The Hall–Kier alpha value is -0.570.